The van der Waals surface area contributed by atoms with Gasteiger partial charge in [0.05, 0.1) is 19.8 Å². The zero-order chi connectivity index (χ0) is 50.4. The van der Waals surface area contributed by atoms with Gasteiger partial charge in [-0.1, -0.05) is 229 Å². The Labute approximate surface area is 423 Å². The number of phosphoric acid groups is 1. The summed E-state index contributed by atoms with van der Waals surface area (Å²) in [7, 11) is -4.63. The van der Waals surface area contributed by atoms with E-state index in [0.29, 0.717) is 12.8 Å². The number of rotatable bonds is 54. The Morgan fingerprint density at radius 3 is 1.12 bits per heavy atom. The first-order valence-electron chi connectivity index (χ1n) is 28.6. The highest BCUT2D eigenvalue weighted by Gasteiger charge is 2.27. The van der Waals surface area contributed by atoms with Crippen LogP contribution in [0.1, 0.15) is 271 Å². The smallest absolute Gasteiger partial charge is 0.462 e. The van der Waals surface area contributed by atoms with Crippen LogP contribution in [0.5, 0.6) is 0 Å². The van der Waals surface area contributed by atoms with Gasteiger partial charge in [0.1, 0.15) is 12.7 Å². The van der Waals surface area contributed by atoms with E-state index < -0.39 is 51.8 Å². The lowest BCUT2D eigenvalue weighted by Gasteiger charge is -2.20. The number of esters is 2. The fourth-order valence-electron chi connectivity index (χ4n) is 8.06. The van der Waals surface area contributed by atoms with Crippen LogP contribution in [-0.2, 0) is 32.7 Å². The molecule has 0 aliphatic carbocycles. The number of allylic oxidation sites excluding steroid dienone is 8. The number of aliphatic hydroxyl groups is 2. The van der Waals surface area contributed by atoms with Crippen LogP contribution >= 0.6 is 7.82 Å². The molecule has 0 aromatic rings. The highest BCUT2D eigenvalue weighted by atomic mass is 31.2. The average molecular weight is 995 g/mol. The summed E-state index contributed by atoms with van der Waals surface area (Å²) in [5.74, 6) is -0.920. The molecule has 3 N–H and O–H groups in total. The maximum absolute atomic E-state index is 12.7. The highest BCUT2D eigenvalue weighted by Crippen LogP contribution is 2.43. The number of aliphatic hydroxyl groups excluding tert-OH is 2. The molecule has 10 nitrogen and oxygen atoms in total. The van der Waals surface area contributed by atoms with Crippen molar-refractivity contribution >= 4 is 19.8 Å². The second kappa shape index (κ2) is 53.7. The Balaban J connectivity index is 4.11. The lowest BCUT2D eigenvalue weighted by atomic mass is 10.0. The van der Waals surface area contributed by atoms with Crippen LogP contribution in [0.2, 0.25) is 0 Å². The summed E-state index contributed by atoms with van der Waals surface area (Å²) in [5.41, 5.74) is 0. The van der Waals surface area contributed by atoms with E-state index in [1.54, 1.807) is 0 Å². The van der Waals surface area contributed by atoms with E-state index in [4.69, 9.17) is 23.6 Å². The van der Waals surface area contributed by atoms with Crippen molar-refractivity contribution in [3.8, 4) is 0 Å². The third-order valence-corrected chi connectivity index (χ3v) is 13.4. The largest absolute Gasteiger partial charge is 0.472 e. The number of hydrogen-bond acceptors (Lipinski definition) is 9. The van der Waals surface area contributed by atoms with E-state index in [-0.39, 0.29) is 19.4 Å². The molecule has 404 valence electrons. The molecule has 0 bridgehead atoms. The van der Waals surface area contributed by atoms with E-state index >= 15 is 0 Å². The van der Waals surface area contributed by atoms with Crippen molar-refractivity contribution in [1.29, 1.82) is 0 Å². The summed E-state index contributed by atoms with van der Waals surface area (Å²) in [6.07, 6.45) is 62.2. The Bertz CT molecular complexity index is 1280. The molecule has 0 aromatic carbocycles. The number of ether oxygens (including phenoxy) is 2. The van der Waals surface area contributed by atoms with Gasteiger partial charge in [0.2, 0.25) is 0 Å². The molecule has 0 fully saturated rings. The molecule has 0 heterocycles. The van der Waals surface area contributed by atoms with Gasteiger partial charge in [0.25, 0.3) is 0 Å². The van der Waals surface area contributed by atoms with E-state index in [1.165, 1.54) is 180 Å². The van der Waals surface area contributed by atoms with Crippen molar-refractivity contribution in [2.75, 3.05) is 26.4 Å². The summed E-state index contributed by atoms with van der Waals surface area (Å²) >= 11 is 0. The minimum atomic E-state index is -4.63. The summed E-state index contributed by atoms with van der Waals surface area (Å²) in [6, 6.07) is 0. The summed E-state index contributed by atoms with van der Waals surface area (Å²) in [5, 5.41) is 18.4. The number of unbranched alkanes of at least 4 members (excludes halogenated alkanes) is 32. The number of carbonyl (C=O) groups is 2. The molecule has 11 heteroatoms. The van der Waals surface area contributed by atoms with Gasteiger partial charge in [-0.3, -0.25) is 18.6 Å². The van der Waals surface area contributed by atoms with Crippen LogP contribution in [0.4, 0.5) is 0 Å². The van der Waals surface area contributed by atoms with Crippen LogP contribution in [0.25, 0.3) is 0 Å². The molecule has 0 spiro atoms. The van der Waals surface area contributed by atoms with Gasteiger partial charge in [0.15, 0.2) is 6.10 Å². The van der Waals surface area contributed by atoms with Crippen LogP contribution in [0, 0.1) is 0 Å². The van der Waals surface area contributed by atoms with E-state index in [2.05, 4.69) is 62.5 Å². The first kappa shape index (κ1) is 66.9. The Hall–Kier alpha value is -2.07. The van der Waals surface area contributed by atoms with Gasteiger partial charge >= 0.3 is 19.8 Å². The second-order valence-electron chi connectivity index (χ2n) is 19.3. The third-order valence-electron chi connectivity index (χ3n) is 12.5. The number of carbonyl (C=O) groups excluding carboxylic acids is 2. The minimum absolute atomic E-state index is 0.182. The molecule has 0 saturated heterocycles. The Kier molecular flexibility index (Phi) is 52.1. The minimum Gasteiger partial charge on any atom is -0.462 e. The summed E-state index contributed by atoms with van der Waals surface area (Å²) in [6.45, 7) is 2.40. The first-order chi connectivity index (χ1) is 33.7. The van der Waals surface area contributed by atoms with Crippen molar-refractivity contribution in [2.24, 2.45) is 0 Å². The maximum Gasteiger partial charge on any atom is 0.472 e. The van der Waals surface area contributed by atoms with Crippen LogP contribution < -0.4 is 0 Å². The molecule has 3 unspecified atom stereocenters. The molecular formula is C58H107O10P. The molecule has 0 aliphatic rings. The standard InChI is InChI=1S/C58H107O10P/c1-3-5-7-9-11-13-15-17-19-21-23-25-27-29-31-33-35-37-39-41-43-45-47-49-57(61)65-53-56(54-67-69(63,64)66-52-55(60)51-59)68-58(62)50-48-46-44-42-40-38-36-34-32-30-28-26-24-22-20-18-16-14-12-10-8-6-4-2/h15-18,21-24,55-56,59-60H,3-14,19-20,25-54H2,1-2H3,(H,63,64)/b17-15-,18-16-,23-21-,24-22-. The van der Waals surface area contributed by atoms with Gasteiger partial charge in [-0.15, -0.1) is 0 Å². The lowest BCUT2D eigenvalue weighted by Crippen LogP contribution is -2.29. The molecule has 0 amide bonds. The first-order valence-corrected chi connectivity index (χ1v) is 30.1. The third kappa shape index (κ3) is 53.6. The average Bonchev–Trinajstić information content (AvgIpc) is 3.34. The summed E-state index contributed by atoms with van der Waals surface area (Å²) in [4.78, 5) is 35.3. The highest BCUT2D eigenvalue weighted by molar-refractivity contribution is 7.47. The molecular weight excluding hydrogens is 888 g/mol. The van der Waals surface area contributed by atoms with Crippen LogP contribution in [0.3, 0.4) is 0 Å². The fourth-order valence-corrected chi connectivity index (χ4v) is 8.85. The molecule has 0 radical (unpaired) electrons. The van der Waals surface area contributed by atoms with Crippen molar-refractivity contribution in [3.05, 3.63) is 48.6 Å². The van der Waals surface area contributed by atoms with E-state index in [1.807, 2.05) is 0 Å². The Morgan fingerprint density at radius 2 is 0.754 bits per heavy atom. The molecule has 69 heavy (non-hydrogen) atoms. The van der Waals surface area contributed by atoms with Crippen LogP contribution in [-0.4, -0.2) is 65.7 Å². The normalized spacial score (nSPS) is 13.9. The van der Waals surface area contributed by atoms with E-state index in [9.17, 15) is 24.2 Å². The molecule has 0 aromatic heterocycles. The lowest BCUT2D eigenvalue weighted by molar-refractivity contribution is -0.161. The summed E-state index contributed by atoms with van der Waals surface area (Å²) < 4.78 is 33.0. The predicted octanol–water partition coefficient (Wildman–Crippen LogP) is 16.8. The van der Waals surface area contributed by atoms with Crippen molar-refractivity contribution in [2.45, 2.75) is 283 Å². The van der Waals surface area contributed by atoms with Gasteiger partial charge in [0, 0.05) is 12.8 Å². The molecule has 0 aliphatic heterocycles. The predicted molar refractivity (Wildman–Crippen MR) is 288 cm³/mol. The topological polar surface area (TPSA) is 149 Å². The monoisotopic (exact) mass is 995 g/mol. The van der Waals surface area contributed by atoms with Gasteiger partial charge in [-0.25, -0.2) is 4.57 Å². The quantitative estimate of drug-likeness (QED) is 0.0233. The van der Waals surface area contributed by atoms with Crippen molar-refractivity contribution in [1.82, 2.24) is 0 Å². The molecule has 0 rings (SSSR count). The van der Waals surface area contributed by atoms with Gasteiger partial charge in [-0.05, 0) is 77.0 Å². The van der Waals surface area contributed by atoms with Crippen molar-refractivity contribution < 1.29 is 47.8 Å². The molecule has 0 saturated carbocycles. The number of hydrogen-bond donors (Lipinski definition) is 3. The number of phosphoric ester groups is 1. The SMILES string of the molecule is CCCCCCC/C=C\C/C=C\CCCCCCCCCCCCCC(=O)OCC(COP(=O)(O)OCC(O)CO)OC(=O)CCCCCCCCCCCCC/C=C\C/C=C\CCCCCCC. The van der Waals surface area contributed by atoms with Crippen LogP contribution in [0.15, 0.2) is 48.6 Å². The van der Waals surface area contributed by atoms with E-state index in [0.717, 1.165) is 51.4 Å². The maximum atomic E-state index is 12.7. The fraction of sp³-hybridized carbons (Fsp3) is 0.828. The van der Waals surface area contributed by atoms with Gasteiger partial charge < -0.3 is 24.6 Å². The molecule has 3 atom stereocenters. The zero-order valence-electron chi connectivity index (χ0n) is 44.5. The van der Waals surface area contributed by atoms with Crippen molar-refractivity contribution in [3.63, 3.8) is 0 Å². The Morgan fingerprint density at radius 1 is 0.435 bits per heavy atom. The second-order valence-corrected chi connectivity index (χ2v) is 20.8. The zero-order valence-corrected chi connectivity index (χ0v) is 45.4. The van der Waals surface area contributed by atoms with Gasteiger partial charge in [-0.2, -0.15) is 0 Å².